The summed E-state index contributed by atoms with van der Waals surface area (Å²) in [5.41, 5.74) is -0.234. The van der Waals surface area contributed by atoms with Crippen LogP contribution in [-0.2, 0) is 0 Å². The van der Waals surface area contributed by atoms with Gasteiger partial charge in [0.2, 0.25) is 0 Å². The van der Waals surface area contributed by atoms with Gasteiger partial charge in [0.25, 0.3) is 0 Å². The molecule has 98 valence electrons. The Balaban J connectivity index is 2.56. The summed E-state index contributed by atoms with van der Waals surface area (Å²) in [7, 11) is 0. The van der Waals surface area contributed by atoms with E-state index >= 15 is 0 Å². The van der Waals surface area contributed by atoms with E-state index in [-0.39, 0.29) is 5.54 Å². The van der Waals surface area contributed by atoms with Gasteiger partial charge in [-0.15, -0.1) is 0 Å². The molecule has 0 radical (unpaired) electrons. The van der Waals surface area contributed by atoms with Crippen LogP contribution in [0.4, 0.5) is 0 Å². The van der Waals surface area contributed by atoms with Crippen molar-refractivity contribution in [2.45, 2.75) is 65.3 Å². The van der Waals surface area contributed by atoms with Crippen molar-refractivity contribution in [1.29, 1.82) is 5.26 Å². The zero-order chi connectivity index (χ0) is 12.9. The molecule has 0 spiro atoms. The fraction of sp³-hybridized carbons (Fsp3) is 0.933. The number of nitriles is 1. The standard InChI is InChI=1S/C15H28N2/c1-12(2)8-14-6-5-7-15(9-14,11-16)17-10-13(3)4/h12-14,17H,5-10H2,1-4H3. The SMILES string of the molecule is CC(C)CNC1(C#N)CCCC(CC(C)C)C1. The van der Waals surface area contributed by atoms with Crippen molar-refractivity contribution in [3.63, 3.8) is 0 Å². The number of nitrogens with zero attached hydrogens (tertiary/aromatic N) is 1. The summed E-state index contributed by atoms with van der Waals surface area (Å²) in [5, 5.41) is 13.0. The van der Waals surface area contributed by atoms with Crippen LogP contribution in [0.15, 0.2) is 0 Å². The molecule has 1 fully saturated rings. The first kappa shape index (κ1) is 14.5. The van der Waals surface area contributed by atoms with Gasteiger partial charge in [-0.1, -0.05) is 40.5 Å². The van der Waals surface area contributed by atoms with Crippen LogP contribution in [0.5, 0.6) is 0 Å². The average molecular weight is 236 g/mol. The largest absolute Gasteiger partial charge is 0.299 e. The highest BCUT2D eigenvalue weighted by molar-refractivity contribution is 5.09. The zero-order valence-electron chi connectivity index (χ0n) is 11.9. The van der Waals surface area contributed by atoms with Gasteiger partial charge in [-0.25, -0.2) is 0 Å². The second-order valence-corrected chi connectivity index (χ2v) is 6.56. The number of hydrogen-bond acceptors (Lipinski definition) is 2. The first-order valence-electron chi connectivity index (χ1n) is 7.13. The summed E-state index contributed by atoms with van der Waals surface area (Å²) >= 11 is 0. The molecule has 0 aromatic carbocycles. The first-order chi connectivity index (χ1) is 7.97. The quantitative estimate of drug-likeness (QED) is 0.789. The molecule has 17 heavy (non-hydrogen) atoms. The van der Waals surface area contributed by atoms with Gasteiger partial charge in [0.15, 0.2) is 0 Å². The van der Waals surface area contributed by atoms with Gasteiger partial charge in [0.1, 0.15) is 5.54 Å². The van der Waals surface area contributed by atoms with E-state index in [9.17, 15) is 5.26 Å². The van der Waals surface area contributed by atoms with Crippen LogP contribution in [0, 0.1) is 29.1 Å². The molecule has 1 saturated carbocycles. The summed E-state index contributed by atoms with van der Waals surface area (Å²) in [6, 6.07) is 2.56. The molecule has 2 nitrogen and oxygen atoms in total. The maximum Gasteiger partial charge on any atom is 0.107 e. The predicted molar refractivity (Wildman–Crippen MR) is 72.6 cm³/mol. The maximum absolute atomic E-state index is 9.49. The molecule has 2 heteroatoms. The number of hydrogen-bond donors (Lipinski definition) is 1. The lowest BCUT2D eigenvalue weighted by molar-refractivity contribution is 0.202. The van der Waals surface area contributed by atoms with Crippen molar-refractivity contribution < 1.29 is 0 Å². The molecule has 0 aliphatic heterocycles. The average Bonchev–Trinajstić information content (AvgIpc) is 2.26. The van der Waals surface area contributed by atoms with E-state index in [2.05, 4.69) is 39.1 Å². The monoisotopic (exact) mass is 236 g/mol. The van der Waals surface area contributed by atoms with Crippen LogP contribution in [0.1, 0.15) is 59.8 Å². The molecule has 1 aliphatic rings. The lowest BCUT2D eigenvalue weighted by Crippen LogP contribution is -2.49. The highest BCUT2D eigenvalue weighted by Gasteiger charge is 2.36. The molecule has 0 bridgehead atoms. The van der Waals surface area contributed by atoms with E-state index in [1.807, 2.05) is 0 Å². The van der Waals surface area contributed by atoms with E-state index in [1.54, 1.807) is 0 Å². The topological polar surface area (TPSA) is 35.8 Å². The van der Waals surface area contributed by atoms with Crippen molar-refractivity contribution >= 4 is 0 Å². The van der Waals surface area contributed by atoms with Crippen LogP contribution in [0.2, 0.25) is 0 Å². The van der Waals surface area contributed by atoms with Gasteiger partial charge in [-0.2, -0.15) is 5.26 Å². The Kier molecular flexibility index (Phi) is 5.46. The summed E-state index contributed by atoms with van der Waals surface area (Å²) in [4.78, 5) is 0. The van der Waals surface area contributed by atoms with Crippen molar-refractivity contribution in [3.05, 3.63) is 0 Å². The van der Waals surface area contributed by atoms with Crippen LogP contribution >= 0.6 is 0 Å². The summed E-state index contributed by atoms with van der Waals surface area (Å²) in [6.45, 7) is 9.93. The fourth-order valence-electron chi connectivity index (χ4n) is 2.96. The first-order valence-corrected chi connectivity index (χ1v) is 7.13. The van der Waals surface area contributed by atoms with Gasteiger partial charge in [0, 0.05) is 0 Å². The van der Waals surface area contributed by atoms with E-state index in [4.69, 9.17) is 0 Å². The van der Waals surface area contributed by atoms with Crippen LogP contribution in [0.3, 0.4) is 0 Å². The van der Waals surface area contributed by atoms with Gasteiger partial charge in [-0.3, -0.25) is 5.32 Å². The molecule has 1 aliphatic carbocycles. The lowest BCUT2D eigenvalue weighted by Gasteiger charge is -2.37. The van der Waals surface area contributed by atoms with Crippen LogP contribution in [-0.4, -0.2) is 12.1 Å². The Morgan fingerprint density at radius 3 is 2.53 bits per heavy atom. The van der Waals surface area contributed by atoms with Gasteiger partial charge in [0.05, 0.1) is 6.07 Å². The molecule has 0 aromatic heterocycles. The van der Waals surface area contributed by atoms with Gasteiger partial charge < -0.3 is 0 Å². The summed E-state index contributed by atoms with van der Waals surface area (Å²) < 4.78 is 0. The minimum Gasteiger partial charge on any atom is -0.299 e. The predicted octanol–water partition coefficient (Wildman–Crippen LogP) is 3.73. The second kappa shape index (κ2) is 6.40. The Hall–Kier alpha value is -0.550. The normalized spacial score (nSPS) is 29.6. The molecule has 0 aromatic rings. The van der Waals surface area contributed by atoms with Crippen molar-refractivity contribution in [2.24, 2.45) is 17.8 Å². The summed E-state index contributed by atoms with van der Waals surface area (Å²) in [6.07, 6.45) is 5.87. The molecular formula is C15H28N2. The van der Waals surface area contributed by atoms with Crippen molar-refractivity contribution in [2.75, 3.05) is 6.54 Å². The molecule has 2 atom stereocenters. The van der Waals surface area contributed by atoms with Crippen molar-refractivity contribution in [1.82, 2.24) is 5.32 Å². The Bertz CT molecular complexity index is 265. The Labute approximate surface area is 107 Å². The molecule has 2 unspecified atom stereocenters. The minimum atomic E-state index is -0.234. The van der Waals surface area contributed by atoms with Crippen LogP contribution < -0.4 is 5.32 Å². The van der Waals surface area contributed by atoms with E-state index in [1.165, 1.54) is 19.3 Å². The van der Waals surface area contributed by atoms with E-state index in [0.717, 1.165) is 31.2 Å². The maximum atomic E-state index is 9.49. The van der Waals surface area contributed by atoms with Crippen molar-refractivity contribution in [3.8, 4) is 6.07 Å². The number of rotatable bonds is 5. The van der Waals surface area contributed by atoms with E-state index < -0.39 is 0 Å². The highest BCUT2D eigenvalue weighted by Crippen LogP contribution is 2.35. The van der Waals surface area contributed by atoms with Gasteiger partial charge in [-0.05, 0) is 43.6 Å². The number of nitrogens with one attached hydrogen (secondary N) is 1. The molecule has 1 N–H and O–H groups in total. The third-order valence-electron chi connectivity index (χ3n) is 3.72. The lowest BCUT2D eigenvalue weighted by atomic mass is 9.73. The third-order valence-corrected chi connectivity index (χ3v) is 3.72. The second-order valence-electron chi connectivity index (χ2n) is 6.56. The Morgan fingerprint density at radius 2 is 2.00 bits per heavy atom. The highest BCUT2D eigenvalue weighted by atomic mass is 15.0. The molecule has 0 heterocycles. The molecule has 0 saturated heterocycles. The fourth-order valence-corrected chi connectivity index (χ4v) is 2.96. The minimum absolute atomic E-state index is 0.234. The smallest absolute Gasteiger partial charge is 0.107 e. The molecule has 0 amide bonds. The zero-order valence-corrected chi connectivity index (χ0v) is 11.9. The van der Waals surface area contributed by atoms with E-state index in [0.29, 0.717) is 5.92 Å². The molecular weight excluding hydrogens is 208 g/mol. The van der Waals surface area contributed by atoms with Gasteiger partial charge >= 0.3 is 0 Å². The third kappa shape index (κ3) is 4.68. The Morgan fingerprint density at radius 1 is 1.29 bits per heavy atom. The van der Waals surface area contributed by atoms with Crippen LogP contribution in [0.25, 0.3) is 0 Å². The molecule has 1 rings (SSSR count). The summed E-state index contributed by atoms with van der Waals surface area (Å²) in [5.74, 6) is 2.10.